The lowest BCUT2D eigenvalue weighted by molar-refractivity contribution is 0.312. The Labute approximate surface area is 187 Å². The lowest BCUT2D eigenvalue weighted by Gasteiger charge is -2.33. The average molecular weight is 458 g/mol. The van der Waals surface area contributed by atoms with E-state index in [1.54, 1.807) is 37.4 Å². The molecule has 1 aliphatic rings. The van der Waals surface area contributed by atoms with Crippen molar-refractivity contribution in [3.8, 4) is 5.75 Å². The predicted molar refractivity (Wildman–Crippen MR) is 122 cm³/mol. The van der Waals surface area contributed by atoms with Crippen LogP contribution >= 0.6 is 0 Å². The van der Waals surface area contributed by atoms with Crippen LogP contribution in [0.5, 0.6) is 5.75 Å². The van der Waals surface area contributed by atoms with Crippen LogP contribution in [0.25, 0.3) is 0 Å². The van der Waals surface area contributed by atoms with E-state index >= 15 is 0 Å². The van der Waals surface area contributed by atoms with E-state index in [0.717, 1.165) is 31.9 Å². The van der Waals surface area contributed by atoms with Gasteiger partial charge in [-0.1, -0.05) is 12.1 Å². The van der Waals surface area contributed by atoms with Gasteiger partial charge in [-0.3, -0.25) is 5.10 Å². The zero-order valence-corrected chi connectivity index (χ0v) is 19.2. The van der Waals surface area contributed by atoms with Gasteiger partial charge in [-0.25, -0.2) is 18.4 Å². The van der Waals surface area contributed by atoms with Crippen molar-refractivity contribution in [2.45, 2.75) is 17.8 Å². The van der Waals surface area contributed by atoms with Gasteiger partial charge in [0, 0.05) is 38.3 Å². The molecule has 2 aromatic heterocycles. The molecule has 0 saturated carbocycles. The number of methoxy groups -OCH3 is 1. The predicted octanol–water partition coefficient (Wildman–Crippen LogP) is 1.99. The maximum Gasteiger partial charge on any atom is 0.251 e. The first kappa shape index (κ1) is 22.0. The van der Waals surface area contributed by atoms with Gasteiger partial charge < -0.3 is 19.9 Å². The van der Waals surface area contributed by atoms with E-state index in [1.165, 1.54) is 0 Å². The second kappa shape index (κ2) is 9.13. The number of aromatic nitrogens is 4. The van der Waals surface area contributed by atoms with E-state index in [-0.39, 0.29) is 10.9 Å². The number of benzene rings is 1. The molecule has 1 fully saturated rings. The van der Waals surface area contributed by atoms with Crippen LogP contribution in [-0.4, -0.2) is 73.8 Å². The molecule has 1 saturated heterocycles. The number of hydrogen-bond donors (Lipinski definition) is 2. The Morgan fingerprint density at radius 3 is 2.44 bits per heavy atom. The molecule has 3 heterocycles. The molecule has 4 rings (SSSR count). The van der Waals surface area contributed by atoms with Gasteiger partial charge in [-0.05, 0) is 31.7 Å². The zero-order valence-electron chi connectivity index (χ0n) is 18.4. The van der Waals surface area contributed by atoms with Crippen molar-refractivity contribution in [3.63, 3.8) is 0 Å². The van der Waals surface area contributed by atoms with E-state index in [9.17, 15) is 8.42 Å². The molecular weight excluding hydrogens is 430 g/mol. The number of likely N-dealkylation sites (N-methyl/N-ethyl adjacent to an activating group) is 1. The van der Waals surface area contributed by atoms with Gasteiger partial charge in [0.1, 0.15) is 23.2 Å². The van der Waals surface area contributed by atoms with Crippen LogP contribution in [-0.2, 0) is 15.6 Å². The summed E-state index contributed by atoms with van der Waals surface area (Å²) < 4.78 is 31.6. The lowest BCUT2D eigenvalue weighted by atomic mass is 10.2. The van der Waals surface area contributed by atoms with Crippen molar-refractivity contribution < 1.29 is 13.2 Å². The minimum absolute atomic E-state index is 0.203. The highest BCUT2D eigenvalue weighted by Crippen LogP contribution is 2.24. The number of ether oxygens (including phenoxy) is 1. The third-order valence-corrected chi connectivity index (χ3v) is 6.73. The van der Waals surface area contributed by atoms with Gasteiger partial charge in [-0.15, -0.1) is 0 Å². The van der Waals surface area contributed by atoms with Gasteiger partial charge in [-0.2, -0.15) is 5.10 Å². The van der Waals surface area contributed by atoms with Crippen molar-refractivity contribution in [2.75, 3.05) is 50.6 Å². The summed E-state index contributed by atoms with van der Waals surface area (Å²) in [7, 11) is -0.147. The van der Waals surface area contributed by atoms with E-state index < -0.39 is 9.84 Å². The molecule has 2 N–H and O–H groups in total. The maximum atomic E-state index is 13.2. The number of nitrogens with zero attached hydrogens (tertiary/aromatic N) is 5. The van der Waals surface area contributed by atoms with Crippen LogP contribution in [0, 0.1) is 6.92 Å². The second-order valence-electron chi connectivity index (χ2n) is 7.84. The SMILES string of the molecule is COc1ccc(CS(=O)(=O)c2nc(Nc3cc(C)n[nH]3)cc(N3CCN(C)CC3)n2)cc1. The molecule has 1 aliphatic heterocycles. The van der Waals surface area contributed by atoms with Crippen LogP contribution in [0.2, 0.25) is 0 Å². The smallest absolute Gasteiger partial charge is 0.251 e. The molecule has 0 bridgehead atoms. The first-order valence-electron chi connectivity index (χ1n) is 10.3. The Morgan fingerprint density at radius 1 is 1.09 bits per heavy atom. The van der Waals surface area contributed by atoms with Crippen LogP contribution in [0.4, 0.5) is 17.5 Å². The fraction of sp³-hybridized carbons (Fsp3) is 0.381. The Bertz CT molecular complexity index is 1170. The third kappa shape index (κ3) is 5.17. The zero-order chi connectivity index (χ0) is 22.7. The molecule has 0 aliphatic carbocycles. The van der Waals surface area contributed by atoms with E-state index in [2.05, 4.69) is 42.3 Å². The highest BCUT2D eigenvalue weighted by atomic mass is 32.2. The fourth-order valence-electron chi connectivity index (χ4n) is 3.44. The standard InChI is InChI=1S/C21H27N7O3S/c1-15-12-19(26-25-15)22-18-13-20(28-10-8-27(2)9-11-28)24-21(23-18)32(29,30)14-16-4-6-17(31-3)7-5-16/h4-7,12-13H,8-11,14H2,1-3H3,(H2,22,23,24,25,26). The summed E-state index contributed by atoms with van der Waals surface area (Å²) in [6.45, 7) is 5.13. The number of anilines is 3. The van der Waals surface area contributed by atoms with E-state index in [1.807, 2.05) is 13.0 Å². The lowest BCUT2D eigenvalue weighted by Crippen LogP contribution is -2.45. The summed E-state index contributed by atoms with van der Waals surface area (Å²) in [6.07, 6.45) is 0. The highest BCUT2D eigenvalue weighted by molar-refractivity contribution is 7.90. The number of rotatable bonds is 7. The van der Waals surface area contributed by atoms with Crippen LogP contribution in [0.15, 0.2) is 41.6 Å². The number of hydrogen-bond acceptors (Lipinski definition) is 9. The van der Waals surface area contributed by atoms with Crippen molar-refractivity contribution in [1.29, 1.82) is 0 Å². The van der Waals surface area contributed by atoms with Crippen LogP contribution in [0.3, 0.4) is 0 Å². The molecule has 0 radical (unpaired) electrons. The first-order valence-corrected chi connectivity index (χ1v) is 11.9. The Hall–Kier alpha value is -3.18. The summed E-state index contributed by atoms with van der Waals surface area (Å²) in [5.74, 6) is 2.07. The maximum absolute atomic E-state index is 13.2. The third-order valence-electron chi connectivity index (χ3n) is 5.28. The summed E-state index contributed by atoms with van der Waals surface area (Å²) in [5.41, 5.74) is 1.45. The molecule has 3 aromatic rings. The molecular formula is C21H27N7O3S. The van der Waals surface area contributed by atoms with E-state index in [4.69, 9.17) is 4.74 Å². The summed E-state index contributed by atoms with van der Waals surface area (Å²) in [6, 6.07) is 10.5. The molecule has 0 spiro atoms. The Kier molecular flexibility index (Phi) is 6.28. The Balaban J connectivity index is 1.66. The molecule has 11 heteroatoms. The monoisotopic (exact) mass is 457 g/mol. The number of H-pyrrole nitrogens is 1. The van der Waals surface area contributed by atoms with Crippen molar-refractivity contribution in [3.05, 3.63) is 47.7 Å². The topological polar surface area (TPSA) is 116 Å². The molecule has 170 valence electrons. The molecule has 1 aromatic carbocycles. The minimum Gasteiger partial charge on any atom is -0.497 e. The largest absolute Gasteiger partial charge is 0.497 e. The van der Waals surface area contributed by atoms with Gasteiger partial charge in [0.15, 0.2) is 0 Å². The highest BCUT2D eigenvalue weighted by Gasteiger charge is 2.24. The van der Waals surface area contributed by atoms with Crippen LogP contribution < -0.4 is 15.0 Å². The quantitative estimate of drug-likeness (QED) is 0.514. The van der Waals surface area contributed by atoms with Crippen LogP contribution in [0.1, 0.15) is 11.3 Å². The number of sulfone groups is 1. The summed E-state index contributed by atoms with van der Waals surface area (Å²) in [4.78, 5) is 13.1. The van der Waals surface area contributed by atoms with Crippen molar-refractivity contribution in [1.82, 2.24) is 25.1 Å². The average Bonchev–Trinajstić information content (AvgIpc) is 3.18. The van der Waals surface area contributed by atoms with Gasteiger partial charge in [0.25, 0.3) is 5.16 Å². The van der Waals surface area contributed by atoms with E-state index in [0.29, 0.717) is 28.8 Å². The van der Waals surface area contributed by atoms with Gasteiger partial charge >= 0.3 is 0 Å². The molecule has 0 amide bonds. The van der Waals surface area contributed by atoms with Gasteiger partial charge in [0.05, 0.1) is 18.6 Å². The summed E-state index contributed by atoms with van der Waals surface area (Å²) >= 11 is 0. The number of piperazine rings is 1. The van der Waals surface area contributed by atoms with Gasteiger partial charge in [0.2, 0.25) is 9.84 Å². The fourth-order valence-corrected chi connectivity index (χ4v) is 4.67. The normalized spacial score (nSPS) is 15.0. The number of aromatic amines is 1. The molecule has 32 heavy (non-hydrogen) atoms. The molecule has 10 nitrogen and oxygen atoms in total. The summed E-state index contributed by atoms with van der Waals surface area (Å²) in [5, 5.41) is 9.88. The van der Waals surface area contributed by atoms with Crippen molar-refractivity contribution in [2.24, 2.45) is 0 Å². The number of nitrogens with one attached hydrogen (secondary N) is 2. The first-order chi connectivity index (χ1) is 15.3. The Morgan fingerprint density at radius 2 is 1.81 bits per heavy atom. The molecule has 0 atom stereocenters. The molecule has 0 unspecified atom stereocenters. The second-order valence-corrected chi connectivity index (χ2v) is 9.72. The number of aryl methyl sites for hydroxylation is 1. The minimum atomic E-state index is -3.78. The van der Waals surface area contributed by atoms with Crippen molar-refractivity contribution >= 4 is 27.3 Å².